The molecule has 9 nitrogen and oxygen atoms in total. The Morgan fingerprint density at radius 2 is 1.75 bits per heavy atom. The van der Waals surface area contributed by atoms with Gasteiger partial charge in [0.2, 0.25) is 5.71 Å². The number of aromatic amines is 1. The van der Waals surface area contributed by atoms with E-state index in [1.165, 1.54) is 0 Å². The third-order valence-electron chi connectivity index (χ3n) is 5.41. The molecule has 0 aliphatic heterocycles. The van der Waals surface area contributed by atoms with E-state index >= 15 is 0 Å². The first kappa shape index (κ1) is 22.6. The van der Waals surface area contributed by atoms with Gasteiger partial charge in [0.25, 0.3) is 0 Å². The second-order valence-electron chi connectivity index (χ2n) is 7.69. The molecule has 2 N–H and O–H groups in total. The highest BCUT2D eigenvalue weighted by molar-refractivity contribution is 6.11. The van der Waals surface area contributed by atoms with E-state index in [9.17, 15) is 10.1 Å². The first-order valence-corrected chi connectivity index (χ1v) is 11.3. The lowest BCUT2D eigenvalue weighted by Crippen LogP contribution is -2.11. The lowest BCUT2D eigenvalue weighted by Gasteiger charge is -2.09. The summed E-state index contributed by atoms with van der Waals surface area (Å²) in [5.41, 5.74) is 6.49. The van der Waals surface area contributed by atoms with Gasteiger partial charge < -0.3 is 9.72 Å². The molecular weight excluding hydrogens is 454 g/mol. The number of rotatable bonds is 7. The van der Waals surface area contributed by atoms with Gasteiger partial charge >= 0.3 is 5.97 Å². The van der Waals surface area contributed by atoms with Crippen molar-refractivity contribution >= 4 is 28.5 Å². The standard InChI is InChI=1S/C27H21N7O2/c1-2-36-27(35)23-24(18-11-5-3-6-12-18)33-34(19-13-7-4-8-14-19)26(23)32-31-22(17-28)25-29-20-15-9-10-16-21(20)30-25/h3-16,32H,2H2,1H3,(H,29,30)/b31-22+. The Kier molecular flexibility index (Phi) is 6.23. The molecule has 5 aromatic rings. The smallest absolute Gasteiger partial charge is 0.344 e. The summed E-state index contributed by atoms with van der Waals surface area (Å²) >= 11 is 0. The molecule has 0 amide bonds. The molecule has 2 heterocycles. The number of nitriles is 1. The molecule has 0 unspecified atom stereocenters. The predicted molar refractivity (Wildman–Crippen MR) is 137 cm³/mol. The number of H-pyrrole nitrogens is 1. The summed E-state index contributed by atoms with van der Waals surface area (Å²) in [6, 6.07) is 28.2. The van der Waals surface area contributed by atoms with Crippen LogP contribution in [0.2, 0.25) is 0 Å². The summed E-state index contributed by atoms with van der Waals surface area (Å²) in [4.78, 5) is 20.7. The Labute approximate surface area is 206 Å². The largest absolute Gasteiger partial charge is 0.462 e. The second kappa shape index (κ2) is 9.95. The Bertz CT molecular complexity index is 1560. The lowest BCUT2D eigenvalue weighted by atomic mass is 10.1. The maximum Gasteiger partial charge on any atom is 0.344 e. The van der Waals surface area contributed by atoms with Gasteiger partial charge in [0.1, 0.15) is 17.3 Å². The van der Waals surface area contributed by atoms with Gasteiger partial charge in [0.15, 0.2) is 11.6 Å². The van der Waals surface area contributed by atoms with E-state index in [4.69, 9.17) is 9.84 Å². The van der Waals surface area contributed by atoms with Crippen LogP contribution in [0.1, 0.15) is 23.1 Å². The zero-order valence-electron chi connectivity index (χ0n) is 19.3. The number of anilines is 1. The molecule has 36 heavy (non-hydrogen) atoms. The number of hydrogen-bond donors (Lipinski definition) is 2. The highest BCUT2D eigenvalue weighted by atomic mass is 16.5. The van der Waals surface area contributed by atoms with Crippen molar-refractivity contribution in [2.75, 3.05) is 12.0 Å². The molecule has 0 bridgehead atoms. The summed E-state index contributed by atoms with van der Waals surface area (Å²) in [5.74, 6) is 0.0128. The Balaban J connectivity index is 1.67. The van der Waals surface area contributed by atoms with Crippen molar-refractivity contribution in [3.8, 4) is 23.0 Å². The first-order valence-electron chi connectivity index (χ1n) is 11.3. The zero-order valence-corrected chi connectivity index (χ0v) is 19.3. The van der Waals surface area contributed by atoms with Crippen LogP contribution in [-0.4, -0.2) is 38.0 Å². The molecule has 0 aliphatic rings. The van der Waals surface area contributed by atoms with E-state index in [-0.39, 0.29) is 23.7 Å². The second-order valence-corrected chi connectivity index (χ2v) is 7.69. The fourth-order valence-electron chi connectivity index (χ4n) is 3.78. The van der Waals surface area contributed by atoms with E-state index in [0.717, 1.165) is 11.1 Å². The Morgan fingerprint density at radius 3 is 2.44 bits per heavy atom. The number of nitrogens with one attached hydrogen (secondary N) is 2. The van der Waals surface area contributed by atoms with Gasteiger partial charge in [0, 0.05) is 5.56 Å². The molecule has 2 aromatic heterocycles. The summed E-state index contributed by atoms with van der Waals surface area (Å²) in [6.45, 7) is 1.93. The van der Waals surface area contributed by atoms with Gasteiger partial charge in [0.05, 0.1) is 23.3 Å². The van der Waals surface area contributed by atoms with Crippen molar-refractivity contribution in [3.63, 3.8) is 0 Å². The normalized spacial score (nSPS) is 11.3. The van der Waals surface area contributed by atoms with Crippen LogP contribution in [0.4, 0.5) is 5.82 Å². The molecular formula is C27H21N7O2. The molecule has 176 valence electrons. The minimum atomic E-state index is -0.557. The van der Waals surface area contributed by atoms with E-state index in [2.05, 4.69) is 26.6 Å². The van der Waals surface area contributed by atoms with Crippen LogP contribution in [0.5, 0.6) is 0 Å². The van der Waals surface area contributed by atoms with E-state index in [1.807, 2.05) is 84.9 Å². The fourth-order valence-corrected chi connectivity index (χ4v) is 3.78. The van der Waals surface area contributed by atoms with Gasteiger partial charge in [-0.15, -0.1) is 0 Å². The van der Waals surface area contributed by atoms with Gasteiger partial charge in [-0.25, -0.2) is 14.5 Å². The number of para-hydroxylation sites is 3. The molecule has 0 fully saturated rings. The highest BCUT2D eigenvalue weighted by Crippen LogP contribution is 2.32. The zero-order chi connectivity index (χ0) is 24.9. The van der Waals surface area contributed by atoms with Crippen LogP contribution in [0.3, 0.4) is 0 Å². The third-order valence-corrected chi connectivity index (χ3v) is 5.41. The maximum absolute atomic E-state index is 13.2. The summed E-state index contributed by atoms with van der Waals surface area (Å²) < 4.78 is 6.95. The minimum absolute atomic E-state index is 0.0167. The summed E-state index contributed by atoms with van der Waals surface area (Å²) in [7, 11) is 0. The molecule has 3 aromatic carbocycles. The summed E-state index contributed by atoms with van der Waals surface area (Å²) in [6.07, 6.45) is 0. The van der Waals surface area contributed by atoms with Crippen LogP contribution >= 0.6 is 0 Å². The Morgan fingerprint density at radius 1 is 1.06 bits per heavy atom. The number of ether oxygens (including phenoxy) is 1. The average molecular weight is 476 g/mol. The minimum Gasteiger partial charge on any atom is -0.462 e. The van der Waals surface area contributed by atoms with Crippen molar-refractivity contribution in [3.05, 3.63) is 96.3 Å². The molecule has 5 rings (SSSR count). The van der Waals surface area contributed by atoms with E-state index < -0.39 is 5.97 Å². The van der Waals surface area contributed by atoms with Crippen molar-refractivity contribution in [2.24, 2.45) is 5.10 Å². The van der Waals surface area contributed by atoms with Crippen molar-refractivity contribution in [1.82, 2.24) is 19.7 Å². The van der Waals surface area contributed by atoms with E-state index in [1.54, 1.807) is 11.6 Å². The molecule has 0 saturated carbocycles. The SMILES string of the molecule is CCOC(=O)c1c(-c2ccccc2)nn(-c2ccccc2)c1N/N=C(\C#N)c1nc2ccccc2[nH]1. The number of carbonyl (C=O) groups is 1. The number of benzene rings is 3. The first-order chi connectivity index (χ1) is 17.7. The number of carbonyl (C=O) groups excluding carboxylic acids is 1. The van der Waals surface area contributed by atoms with Crippen molar-refractivity contribution in [1.29, 1.82) is 5.26 Å². The predicted octanol–water partition coefficient (Wildman–Crippen LogP) is 4.93. The van der Waals surface area contributed by atoms with Crippen LogP contribution in [0.25, 0.3) is 28.0 Å². The molecule has 9 heteroatoms. The highest BCUT2D eigenvalue weighted by Gasteiger charge is 2.27. The lowest BCUT2D eigenvalue weighted by molar-refractivity contribution is 0.0528. The van der Waals surface area contributed by atoms with E-state index in [0.29, 0.717) is 22.7 Å². The average Bonchev–Trinajstić information content (AvgIpc) is 3.52. The quantitative estimate of drug-likeness (QED) is 0.196. The van der Waals surface area contributed by atoms with Crippen LogP contribution in [0, 0.1) is 11.3 Å². The fraction of sp³-hybridized carbons (Fsp3) is 0.0741. The van der Waals surface area contributed by atoms with Gasteiger partial charge in [-0.2, -0.15) is 15.5 Å². The molecule has 0 saturated heterocycles. The number of fused-ring (bicyclic) bond motifs is 1. The molecule has 0 spiro atoms. The van der Waals surface area contributed by atoms with Crippen molar-refractivity contribution < 1.29 is 9.53 Å². The van der Waals surface area contributed by atoms with Gasteiger partial charge in [-0.1, -0.05) is 60.7 Å². The third kappa shape index (κ3) is 4.31. The number of hydrazone groups is 1. The van der Waals surface area contributed by atoms with Crippen LogP contribution in [-0.2, 0) is 4.74 Å². The van der Waals surface area contributed by atoms with Gasteiger partial charge in [-0.05, 0) is 31.2 Å². The number of imidazole rings is 1. The van der Waals surface area contributed by atoms with Crippen molar-refractivity contribution in [2.45, 2.75) is 6.92 Å². The van der Waals surface area contributed by atoms with Crippen LogP contribution in [0.15, 0.2) is 90.0 Å². The monoisotopic (exact) mass is 475 g/mol. The molecule has 0 radical (unpaired) electrons. The Hall–Kier alpha value is -5.23. The number of esters is 1. The number of aromatic nitrogens is 4. The molecule has 0 aliphatic carbocycles. The topological polar surface area (TPSA) is 121 Å². The summed E-state index contributed by atoms with van der Waals surface area (Å²) in [5, 5.41) is 18.9. The van der Waals surface area contributed by atoms with Crippen LogP contribution < -0.4 is 5.43 Å². The number of nitrogens with zero attached hydrogens (tertiary/aromatic N) is 5. The number of hydrogen-bond acceptors (Lipinski definition) is 7. The van der Waals surface area contributed by atoms with Gasteiger partial charge in [-0.3, -0.25) is 5.43 Å². The molecule has 0 atom stereocenters. The maximum atomic E-state index is 13.2.